The first-order chi connectivity index (χ1) is 12.3. The normalized spacial score (nSPS) is 28.7. The number of hydrogen-bond acceptors (Lipinski definition) is 5. The molecule has 2 fully saturated rings. The number of piperidine rings is 1. The van der Waals surface area contributed by atoms with Gasteiger partial charge in [-0.25, -0.2) is 9.37 Å². The predicted octanol–water partition coefficient (Wildman–Crippen LogP) is 2.55. The number of halogens is 1. The molecule has 2 aliphatic heterocycles. The topological polar surface area (TPSA) is 65.8 Å². The molecule has 5 nitrogen and oxygen atoms in total. The molecule has 1 spiro atoms. The predicted molar refractivity (Wildman–Crippen MR) is 97.8 cm³/mol. The summed E-state index contributed by atoms with van der Waals surface area (Å²) in [6, 6.07) is 6.63. The maximum atomic E-state index is 13.5. The molecule has 26 heavy (non-hydrogen) atoms. The Balaban J connectivity index is 1.57. The van der Waals surface area contributed by atoms with Gasteiger partial charge >= 0.3 is 0 Å². The molecule has 0 unspecified atom stereocenters. The molecule has 0 aliphatic carbocycles. The van der Waals surface area contributed by atoms with Gasteiger partial charge < -0.3 is 19.8 Å². The van der Waals surface area contributed by atoms with Crippen LogP contribution in [0.3, 0.4) is 0 Å². The third-order valence-corrected chi connectivity index (χ3v) is 5.98. The third kappa shape index (κ3) is 2.86. The van der Waals surface area contributed by atoms with Gasteiger partial charge in [-0.15, -0.1) is 0 Å². The van der Waals surface area contributed by atoms with E-state index in [0.29, 0.717) is 39.0 Å². The summed E-state index contributed by atoms with van der Waals surface area (Å²) in [5.74, 6) is 0.596. The smallest absolute Gasteiger partial charge is 0.129 e. The van der Waals surface area contributed by atoms with Gasteiger partial charge in [0, 0.05) is 24.9 Å². The van der Waals surface area contributed by atoms with Crippen LogP contribution in [0.1, 0.15) is 31.7 Å². The summed E-state index contributed by atoms with van der Waals surface area (Å²) < 4.78 is 19.4. The molecule has 140 valence electrons. The van der Waals surface area contributed by atoms with Crippen molar-refractivity contribution in [1.82, 2.24) is 4.98 Å². The van der Waals surface area contributed by atoms with E-state index in [2.05, 4.69) is 9.88 Å². The van der Waals surface area contributed by atoms with E-state index in [1.165, 1.54) is 12.1 Å². The number of aliphatic hydroxyl groups is 2. The zero-order chi connectivity index (χ0) is 18.5. The van der Waals surface area contributed by atoms with E-state index in [0.717, 1.165) is 22.3 Å². The van der Waals surface area contributed by atoms with E-state index in [-0.39, 0.29) is 5.82 Å². The Morgan fingerprint density at radius 2 is 1.96 bits per heavy atom. The fourth-order valence-corrected chi connectivity index (χ4v) is 4.29. The van der Waals surface area contributed by atoms with E-state index in [1.54, 1.807) is 13.0 Å². The first-order valence-corrected chi connectivity index (χ1v) is 9.17. The van der Waals surface area contributed by atoms with Crippen molar-refractivity contribution < 1.29 is 19.3 Å². The maximum Gasteiger partial charge on any atom is 0.129 e. The van der Waals surface area contributed by atoms with Crippen molar-refractivity contribution in [1.29, 1.82) is 0 Å². The van der Waals surface area contributed by atoms with Crippen molar-refractivity contribution in [3.63, 3.8) is 0 Å². The summed E-state index contributed by atoms with van der Waals surface area (Å²) in [6.45, 7) is 5.48. The van der Waals surface area contributed by atoms with Crippen LogP contribution < -0.4 is 4.90 Å². The minimum absolute atomic E-state index is 0.259. The monoisotopic (exact) mass is 360 g/mol. The Labute approximate surface area is 152 Å². The third-order valence-electron chi connectivity index (χ3n) is 5.98. The molecule has 6 heteroatoms. The van der Waals surface area contributed by atoms with Crippen LogP contribution in [0.4, 0.5) is 10.2 Å². The van der Waals surface area contributed by atoms with E-state index in [9.17, 15) is 14.6 Å². The average molecular weight is 360 g/mol. The van der Waals surface area contributed by atoms with Gasteiger partial charge in [0.15, 0.2) is 0 Å². The van der Waals surface area contributed by atoms with Gasteiger partial charge in [-0.2, -0.15) is 0 Å². The molecule has 3 heterocycles. The molecule has 0 radical (unpaired) electrons. The van der Waals surface area contributed by atoms with Crippen LogP contribution in [0.25, 0.3) is 10.9 Å². The SMILES string of the molecule is Cc1cc(N2CCC3(CC2)OCC[C@@](C)(O)[C@@H]3O)nc2ccc(F)cc12. The van der Waals surface area contributed by atoms with E-state index >= 15 is 0 Å². The Morgan fingerprint density at radius 1 is 1.23 bits per heavy atom. The summed E-state index contributed by atoms with van der Waals surface area (Å²) in [5, 5.41) is 21.9. The fourth-order valence-electron chi connectivity index (χ4n) is 4.29. The van der Waals surface area contributed by atoms with E-state index < -0.39 is 17.3 Å². The Bertz CT molecular complexity index is 831. The largest absolute Gasteiger partial charge is 0.387 e. The van der Waals surface area contributed by atoms with Crippen LogP contribution in [-0.4, -0.2) is 52.2 Å². The number of anilines is 1. The van der Waals surface area contributed by atoms with Crippen molar-refractivity contribution >= 4 is 16.7 Å². The van der Waals surface area contributed by atoms with Crippen LogP contribution in [0, 0.1) is 12.7 Å². The van der Waals surface area contributed by atoms with Gasteiger partial charge in [-0.1, -0.05) is 0 Å². The molecule has 1 aromatic heterocycles. The van der Waals surface area contributed by atoms with Gasteiger partial charge in [0.25, 0.3) is 0 Å². The maximum absolute atomic E-state index is 13.5. The second kappa shape index (κ2) is 6.15. The molecular weight excluding hydrogens is 335 g/mol. The quantitative estimate of drug-likeness (QED) is 0.818. The van der Waals surface area contributed by atoms with Gasteiger partial charge in [-0.05, 0) is 56.5 Å². The molecule has 2 atom stereocenters. The second-order valence-corrected chi connectivity index (χ2v) is 7.87. The molecule has 0 saturated carbocycles. The van der Waals surface area contributed by atoms with Crippen molar-refractivity contribution in [2.24, 2.45) is 0 Å². The summed E-state index contributed by atoms with van der Waals surface area (Å²) in [7, 11) is 0. The number of aliphatic hydroxyl groups excluding tert-OH is 1. The summed E-state index contributed by atoms with van der Waals surface area (Å²) in [5.41, 5.74) is -0.0320. The number of nitrogens with zero attached hydrogens (tertiary/aromatic N) is 2. The standard InChI is InChI=1S/C20H25FN2O3/c1-13-11-17(22-16-4-3-14(21)12-15(13)16)23-8-5-20(6-9-23)18(24)19(2,25)7-10-26-20/h3-4,11-12,18,24-25H,5-10H2,1-2H3/t18-,19+/m0/s1. The number of aryl methyl sites for hydroxylation is 1. The molecule has 2 aliphatic rings. The highest BCUT2D eigenvalue weighted by molar-refractivity contribution is 5.84. The van der Waals surface area contributed by atoms with Gasteiger partial charge in [0.05, 0.1) is 17.7 Å². The van der Waals surface area contributed by atoms with Crippen LogP contribution >= 0.6 is 0 Å². The minimum atomic E-state index is -1.11. The van der Waals surface area contributed by atoms with Gasteiger partial charge in [0.2, 0.25) is 0 Å². The van der Waals surface area contributed by atoms with Crippen molar-refractivity contribution in [3.05, 3.63) is 35.6 Å². The molecule has 2 saturated heterocycles. The van der Waals surface area contributed by atoms with Gasteiger partial charge in [0.1, 0.15) is 23.3 Å². The number of fused-ring (bicyclic) bond motifs is 1. The number of hydrogen-bond donors (Lipinski definition) is 2. The summed E-state index contributed by atoms with van der Waals surface area (Å²) >= 11 is 0. The zero-order valence-electron chi connectivity index (χ0n) is 15.2. The van der Waals surface area contributed by atoms with Crippen LogP contribution in [-0.2, 0) is 4.74 Å². The lowest BCUT2D eigenvalue weighted by Gasteiger charge is -2.51. The Morgan fingerprint density at radius 3 is 2.69 bits per heavy atom. The molecule has 0 amide bonds. The fraction of sp³-hybridized carbons (Fsp3) is 0.550. The van der Waals surface area contributed by atoms with Gasteiger partial charge in [-0.3, -0.25) is 0 Å². The first-order valence-electron chi connectivity index (χ1n) is 9.17. The number of ether oxygens (including phenoxy) is 1. The highest BCUT2D eigenvalue weighted by Crippen LogP contribution is 2.40. The van der Waals surface area contributed by atoms with Crippen LogP contribution in [0.2, 0.25) is 0 Å². The summed E-state index contributed by atoms with van der Waals surface area (Å²) in [6.07, 6.45) is 0.820. The minimum Gasteiger partial charge on any atom is -0.387 e. The molecular formula is C20H25FN2O3. The number of aromatic nitrogens is 1. The van der Waals surface area contributed by atoms with E-state index in [1.807, 2.05) is 13.0 Å². The zero-order valence-corrected chi connectivity index (χ0v) is 15.2. The highest BCUT2D eigenvalue weighted by Gasteiger charge is 2.52. The number of rotatable bonds is 1. The lowest BCUT2D eigenvalue weighted by atomic mass is 9.75. The van der Waals surface area contributed by atoms with Crippen LogP contribution in [0.15, 0.2) is 24.3 Å². The number of benzene rings is 1. The first kappa shape index (κ1) is 17.6. The Hall–Kier alpha value is -1.76. The van der Waals surface area contributed by atoms with Crippen LogP contribution in [0.5, 0.6) is 0 Å². The molecule has 2 N–H and O–H groups in total. The molecule has 4 rings (SSSR count). The summed E-state index contributed by atoms with van der Waals surface area (Å²) in [4.78, 5) is 6.86. The average Bonchev–Trinajstić information content (AvgIpc) is 2.61. The second-order valence-electron chi connectivity index (χ2n) is 7.87. The van der Waals surface area contributed by atoms with E-state index in [4.69, 9.17) is 4.74 Å². The Kier molecular flexibility index (Phi) is 4.17. The molecule has 1 aromatic carbocycles. The van der Waals surface area contributed by atoms with Crippen molar-refractivity contribution in [2.45, 2.75) is 50.4 Å². The van der Waals surface area contributed by atoms with Crippen molar-refractivity contribution in [3.8, 4) is 0 Å². The molecule has 2 aromatic rings. The lowest BCUT2D eigenvalue weighted by molar-refractivity contribution is -0.239. The van der Waals surface area contributed by atoms with Crippen molar-refractivity contribution in [2.75, 3.05) is 24.6 Å². The number of pyridine rings is 1. The lowest BCUT2D eigenvalue weighted by Crippen LogP contribution is -2.64. The highest BCUT2D eigenvalue weighted by atomic mass is 19.1. The molecule has 0 bridgehead atoms.